The van der Waals surface area contributed by atoms with Crippen molar-refractivity contribution >= 4 is 28.5 Å². The van der Waals surface area contributed by atoms with Crippen LogP contribution in [0, 0.1) is 13.8 Å². The summed E-state index contributed by atoms with van der Waals surface area (Å²) < 4.78 is 7.78. The van der Waals surface area contributed by atoms with Crippen LogP contribution in [0.2, 0.25) is 5.02 Å². The highest BCUT2D eigenvalue weighted by molar-refractivity contribution is 6.31. The summed E-state index contributed by atoms with van der Waals surface area (Å²) in [4.78, 5) is 8.43. The summed E-state index contributed by atoms with van der Waals surface area (Å²) in [5, 5.41) is 19.5. The first-order valence-corrected chi connectivity index (χ1v) is 9.10. The minimum atomic E-state index is -0.846. The number of nitrogens with two attached hydrogens (primary N) is 1. The number of halogens is 1. The number of hydrogen-bond donors (Lipinski definition) is 3. The Balaban J connectivity index is 1.94. The monoisotopic (exact) mass is 388 g/mol. The fourth-order valence-corrected chi connectivity index (χ4v) is 3.81. The molecule has 2 atom stereocenters. The van der Waals surface area contributed by atoms with E-state index in [1.807, 2.05) is 26.8 Å². The van der Waals surface area contributed by atoms with Gasteiger partial charge in [-0.3, -0.25) is 5.32 Å². The van der Waals surface area contributed by atoms with Gasteiger partial charge in [0.25, 0.3) is 0 Å². The van der Waals surface area contributed by atoms with Crippen LogP contribution in [-0.2, 0) is 0 Å². The van der Waals surface area contributed by atoms with Crippen molar-refractivity contribution < 1.29 is 9.84 Å². The van der Waals surface area contributed by atoms with E-state index >= 15 is 0 Å². The SMILES string of the molecule is Cc1c(Cl)cc(C(C)n2nc(C)c3c(N)ncnc32)c2c1C(O)NCCO2. The lowest BCUT2D eigenvalue weighted by Crippen LogP contribution is -2.22. The predicted molar refractivity (Wildman–Crippen MR) is 103 cm³/mol. The van der Waals surface area contributed by atoms with Crippen LogP contribution in [0.25, 0.3) is 11.0 Å². The fourth-order valence-electron chi connectivity index (χ4n) is 3.59. The molecule has 0 spiro atoms. The molecule has 0 saturated heterocycles. The molecule has 0 saturated carbocycles. The number of aliphatic hydroxyl groups is 1. The smallest absolute Gasteiger partial charge is 0.164 e. The highest BCUT2D eigenvalue weighted by Crippen LogP contribution is 2.41. The van der Waals surface area contributed by atoms with Crippen molar-refractivity contribution in [3.05, 3.63) is 39.8 Å². The first-order valence-electron chi connectivity index (χ1n) is 8.72. The van der Waals surface area contributed by atoms with E-state index in [4.69, 9.17) is 22.1 Å². The zero-order valence-corrected chi connectivity index (χ0v) is 16.1. The van der Waals surface area contributed by atoms with Gasteiger partial charge in [0, 0.05) is 22.7 Å². The lowest BCUT2D eigenvalue weighted by Gasteiger charge is -2.23. The molecule has 0 amide bonds. The molecule has 0 bridgehead atoms. The summed E-state index contributed by atoms with van der Waals surface area (Å²) in [6.07, 6.45) is 0.579. The van der Waals surface area contributed by atoms with Gasteiger partial charge >= 0.3 is 0 Å². The van der Waals surface area contributed by atoms with E-state index in [2.05, 4.69) is 20.4 Å². The molecule has 0 radical (unpaired) electrons. The van der Waals surface area contributed by atoms with E-state index in [0.717, 1.165) is 22.2 Å². The molecule has 1 aromatic carbocycles. The second kappa shape index (κ2) is 6.63. The van der Waals surface area contributed by atoms with Gasteiger partial charge in [-0.25, -0.2) is 14.6 Å². The Bertz CT molecular complexity index is 1030. The number of aryl methyl sites for hydroxylation is 1. The maximum Gasteiger partial charge on any atom is 0.164 e. The molecule has 0 aliphatic carbocycles. The number of hydrogen-bond acceptors (Lipinski definition) is 7. The maximum absolute atomic E-state index is 10.5. The van der Waals surface area contributed by atoms with Gasteiger partial charge in [0.05, 0.1) is 17.1 Å². The molecular formula is C18H21ClN6O2. The molecule has 9 heteroatoms. The minimum absolute atomic E-state index is 0.243. The average molecular weight is 389 g/mol. The van der Waals surface area contributed by atoms with Crippen molar-refractivity contribution in [1.82, 2.24) is 25.1 Å². The molecule has 27 heavy (non-hydrogen) atoms. The van der Waals surface area contributed by atoms with Crippen LogP contribution in [-0.4, -0.2) is 38.0 Å². The van der Waals surface area contributed by atoms with Gasteiger partial charge in [-0.2, -0.15) is 5.10 Å². The third kappa shape index (κ3) is 2.80. The summed E-state index contributed by atoms with van der Waals surface area (Å²) in [6, 6.07) is 1.62. The number of ether oxygens (including phenoxy) is 1. The topological polar surface area (TPSA) is 111 Å². The van der Waals surface area contributed by atoms with Gasteiger partial charge in [-0.1, -0.05) is 11.6 Å². The summed E-state index contributed by atoms with van der Waals surface area (Å²) in [7, 11) is 0. The Labute approximate surface area is 161 Å². The Hall–Kier alpha value is -2.42. The number of anilines is 1. The summed E-state index contributed by atoms with van der Waals surface area (Å²) >= 11 is 6.48. The lowest BCUT2D eigenvalue weighted by molar-refractivity contribution is 0.142. The van der Waals surface area contributed by atoms with E-state index in [-0.39, 0.29) is 6.04 Å². The molecule has 8 nitrogen and oxygen atoms in total. The van der Waals surface area contributed by atoms with Crippen LogP contribution in [0.5, 0.6) is 5.75 Å². The van der Waals surface area contributed by atoms with Crippen molar-refractivity contribution in [1.29, 1.82) is 0 Å². The molecule has 1 aliphatic heterocycles. The Kier molecular flexibility index (Phi) is 4.41. The van der Waals surface area contributed by atoms with Crippen LogP contribution in [0.1, 0.15) is 41.6 Å². The zero-order valence-electron chi connectivity index (χ0n) is 15.3. The molecule has 142 valence electrons. The van der Waals surface area contributed by atoms with Crippen molar-refractivity contribution in [3.8, 4) is 5.75 Å². The van der Waals surface area contributed by atoms with Crippen LogP contribution >= 0.6 is 11.6 Å². The van der Waals surface area contributed by atoms with E-state index in [1.165, 1.54) is 6.33 Å². The van der Waals surface area contributed by atoms with E-state index in [1.54, 1.807) is 4.68 Å². The molecule has 3 aromatic rings. The second-order valence-electron chi connectivity index (χ2n) is 6.68. The van der Waals surface area contributed by atoms with E-state index < -0.39 is 6.23 Å². The van der Waals surface area contributed by atoms with Crippen LogP contribution in [0.4, 0.5) is 5.82 Å². The van der Waals surface area contributed by atoms with Gasteiger partial charge in [0.2, 0.25) is 0 Å². The standard InChI is InChI=1S/C18H21ClN6O2/c1-8-12(19)6-11(15-13(8)18(26)21-4-5-27-15)10(3)25-17-14(9(2)24-25)16(20)22-7-23-17/h6-7,10,18,21,26H,4-5H2,1-3H3,(H2,20,22,23). The largest absolute Gasteiger partial charge is 0.491 e. The quantitative estimate of drug-likeness (QED) is 0.617. The number of nitrogens with one attached hydrogen (secondary N) is 1. The molecule has 2 unspecified atom stereocenters. The highest BCUT2D eigenvalue weighted by Gasteiger charge is 2.28. The second-order valence-corrected chi connectivity index (χ2v) is 7.09. The number of fused-ring (bicyclic) bond motifs is 2. The number of benzene rings is 1. The van der Waals surface area contributed by atoms with Crippen LogP contribution < -0.4 is 15.8 Å². The average Bonchev–Trinajstić information content (AvgIpc) is 2.85. The number of rotatable bonds is 2. The minimum Gasteiger partial charge on any atom is -0.491 e. The Morgan fingerprint density at radius 3 is 2.96 bits per heavy atom. The van der Waals surface area contributed by atoms with Gasteiger partial charge in [0.1, 0.15) is 30.7 Å². The maximum atomic E-state index is 10.5. The van der Waals surface area contributed by atoms with Crippen LogP contribution in [0.3, 0.4) is 0 Å². The predicted octanol–water partition coefficient (Wildman–Crippen LogP) is 2.26. The first-order chi connectivity index (χ1) is 12.9. The van der Waals surface area contributed by atoms with Crippen molar-refractivity contribution in [2.24, 2.45) is 0 Å². The van der Waals surface area contributed by atoms with Gasteiger partial charge in [0.15, 0.2) is 5.65 Å². The molecule has 0 fully saturated rings. The Morgan fingerprint density at radius 1 is 1.41 bits per heavy atom. The van der Waals surface area contributed by atoms with Crippen LogP contribution in [0.15, 0.2) is 12.4 Å². The van der Waals surface area contributed by atoms with E-state index in [0.29, 0.717) is 41.0 Å². The van der Waals surface area contributed by atoms with Crippen molar-refractivity contribution in [3.63, 3.8) is 0 Å². The van der Waals surface area contributed by atoms with Gasteiger partial charge < -0.3 is 15.6 Å². The number of nitrogen functional groups attached to an aromatic ring is 1. The number of aromatic nitrogens is 4. The normalized spacial score (nSPS) is 18.0. The number of aliphatic hydroxyl groups excluding tert-OH is 1. The third-order valence-electron chi connectivity index (χ3n) is 5.02. The zero-order chi connectivity index (χ0) is 19.3. The lowest BCUT2D eigenvalue weighted by atomic mass is 9.97. The van der Waals surface area contributed by atoms with Crippen molar-refractivity contribution in [2.75, 3.05) is 18.9 Å². The molecule has 4 rings (SSSR count). The van der Waals surface area contributed by atoms with Crippen molar-refractivity contribution in [2.45, 2.75) is 33.0 Å². The molecule has 2 aromatic heterocycles. The van der Waals surface area contributed by atoms with E-state index in [9.17, 15) is 5.11 Å². The molecular weight excluding hydrogens is 368 g/mol. The summed E-state index contributed by atoms with van der Waals surface area (Å²) in [5.74, 6) is 1.03. The number of nitrogens with zero attached hydrogens (tertiary/aromatic N) is 4. The molecule has 4 N–H and O–H groups in total. The molecule has 1 aliphatic rings. The fraction of sp³-hybridized carbons (Fsp3) is 0.389. The summed E-state index contributed by atoms with van der Waals surface area (Å²) in [6.45, 7) is 6.71. The van der Waals surface area contributed by atoms with Gasteiger partial charge in [-0.15, -0.1) is 0 Å². The third-order valence-corrected chi connectivity index (χ3v) is 5.41. The summed E-state index contributed by atoms with van der Waals surface area (Å²) in [5.41, 5.74) is 9.68. The van der Waals surface area contributed by atoms with Gasteiger partial charge in [-0.05, 0) is 32.4 Å². The first kappa shape index (κ1) is 18.0. The highest BCUT2D eigenvalue weighted by atomic mass is 35.5. The molecule has 3 heterocycles. The Morgan fingerprint density at radius 2 is 2.19 bits per heavy atom.